The van der Waals surface area contributed by atoms with Crippen molar-refractivity contribution in [1.29, 1.82) is 0 Å². The van der Waals surface area contributed by atoms with Gasteiger partial charge in [-0.3, -0.25) is 0 Å². The van der Waals surface area contributed by atoms with E-state index >= 15 is 0 Å². The minimum atomic E-state index is -4.69. The van der Waals surface area contributed by atoms with Crippen LogP contribution in [-0.4, -0.2) is 31.0 Å². The first-order valence-corrected chi connectivity index (χ1v) is 8.57. The lowest BCUT2D eigenvalue weighted by atomic mass is 10.1. The fraction of sp³-hybridized carbons (Fsp3) is 0.0556. The highest BCUT2D eigenvalue weighted by molar-refractivity contribution is 6.30. The SMILES string of the molecule is O=C(O)Oc1cnn(-c2nc3cc(Oc4ccc(Cl)cc4)c(C(F)(F)F)cc3[nH]2)c1. The van der Waals surface area contributed by atoms with E-state index in [-0.39, 0.29) is 28.5 Å². The first kappa shape index (κ1) is 19.6. The van der Waals surface area contributed by atoms with E-state index in [4.69, 9.17) is 21.4 Å². The Kier molecular flexibility index (Phi) is 4.74. The minimum Gasteiger partial charge on any atom is -0.457 e. The zero-order valence-electron chi connectivity index (χ0n) is 14.6. The normalized spacial score (nSPS) is 11.6. The molecule has 0 radical (unpaired) electrons. The van der Waals surface area contributed by atoms with Gasteiger partial charge in [-0.05, 0) is 30.3 Å². The van der Waals surface area contributed by atoms with E-state index in [1.54, 1.807) is 0 Å². The largest absolute Gasteiger partial charge is 0.511 e. The smallest absolute Gasteiger partial charge is 0.457 e. The highest BCUT2D eigenvalue weighted by Crippen LogP contribution is 2.40. The topological polar surface area (TPSA) is 102 Å². The number of nitrogens with zero attached hydrogens (tertiary/aromatic N) is 3. The van der Waals surface area contributed by atoms with Gasteiger partial charge >= 0.3 is 12.3 Å². The monoisotopic (exact) mass is 438 g/mol. The van der Waals surface area contributed by atoms with Crippen molar-refractivity contribution in [3.63, 3.8) is 0 Å². The molecule has 4 rings (SSSR count). The summed E-state index contributed by atoms with van der Waals surface area (Å²) in [4.78, 5) is 17.5. The summed E-state index contributed by atoms with van der Waals surface area (Å²) in [6.45, 7) is 0. The molecule has 0 aliphatic carbocycles. The maximum atomic E-state index is 13.6. The van der Waals surface area contributed by atoms with Gasteiger partial charge in [0.2, 0.25) is 5.95 Å². The van der Waals surface area contributed by atoms with Crippen LogP contribution >= 0.6 is 11.6 Å². The maximum Gasteiger partial charge on any atom is 0.511 e. The number of hydrogen-bond donors (Lipinski definition) is 2. The fourth-order valence-electron chi connectivity index (χ4n) is 2.64. The van der Waals surface area contributed by atoms with E-state index in [0.717, 1.165) is 23.0 Å². The molecule has 0 bridgehead atoms. The maximum absolute atomic E-state index is 13.6. The van der Waals surface area contributed by atoms with Crippen LogP contribution in [0.15, 0.2) is 48.8 Å². The summed E-state index contributed by atoms with van der Waals surface area (Å²) in [5.74, 6) is -0.291. The van der Waals surface area contributed by atoms with E-state index < -0.39 is 23.6 Å². The molecule has 0 spiro atoms. The van der Waals surface area contributed by atoms with Gasteiger partial charge in [0.1, 0.15) is 17.1 Å². The van der Waals surface area contributed by atoms with Crippen molar-refractivity contribution in [2.75, 3.05) is 0 Å². The Morgan fingerprint density at radius 2 is 1.90 bits per heavy atom. The molecule has 0 unspecified atom stereocenters. The molecular formula is C18H10ClF3N4O4. The molecule has 0 aliphatic heterocycles. The molecule has 0 amide bonds. The number of alkyl halides is 3. The Bertz CT molecular complexity index is 1230. The van der Waals surface area contributed by atoms with Crippen molar-refractivity contribution in [2.45, 2.75) is 6.18 Å². The molecule has 2 N–H and O–H groups in total. The van der Waals surface area contributed by atoms with Crippen LogP contribution in [0.5, 0.6) is 17.2 Å². The predicted octanol–water partition coefficient (Wildman–Crippen LogP) is 5.27. The first-order valence-electron chi connectivity index (χ1n) is 8.19. The van der Waals surface area contributed by atoms with Crippen molar-refractivity contribution < 1.29 is 32.5 Å². The van der Waals surface area contributed by atoms with Gasteiger partial charge in [-0.25, -0.2) is 14.5 Å². The van der Waals surface area contributed by atoms with Gasteiger partial charge in [-0.15, -0.1) is 0 Å². The van der Waals surface area contributed by atoms with Gasteiger partial charge in [0.05, 0.1) is 23.4 Å². The zero-order chi connectivity index (χ0) is 21.5. The quantitative estimate of drug-likeness (QED) is 0.421. The molecule has 8 nitrogen and oxygen atoms in total. The number of fused-ring (bicyclic) bond motifs is 1. The Hall–Kier alpha value is -3.73. The highest BCUT2D eigenvalue weighted by atomic mass is 35.5. The molecule has 2 aromatic heterocycles. The van der Waals surface area contributed by atoms with Crippen molar-refractivity contribution in [3.05, 3.63) is 59.4 Å². The van der Waals surface area contributed by atoms with Crippen molar-refractivity contribution >= 4 is 28.8 Å². The standard InChI is InChI=1S/C18H10ClF3N4O4/c19-9-1-3-10(4-2-9)29-15-6-14-13(5-12(15)18(20,21)22)24-16(25-14)26-8-11(7-23-26)30-17(27)28/h1-8H,(H,24,25)(H,27,28). The molecule has 0 aliphatic rings. The molecule has 0 atom stereocenters. The van der Waals surface area contributed by atoms with E-state index in [1.807, 2.05) is 0 Å². The number of benzene rings is 2. The summed E-state index contributed by atoms with van der Waals surface area (Å²) in [5.41, 5.74) is -0.745. The van der Waals surface area contributed by atoms with Crippen molar-refractivity contribution in [3.8, 4) is 23.2 Å². The van der Waals surface area contributed by atoms with Crippen LogP contribution in [0.3, 0.4) is 0 Å². The molecule has 154 valence electrons. The van der Waals surface area contributed by atoms with Gasteiger partial charge < -0.3 is 19.6 Å². The summed E-state index contributed by atoms with van der Waals surface area (Å²) in [5, 5.41) is 12.9. The van der Waals surface area contributed by atoms with Crippen LogP contribution in [0, 0.1) is 0 Å². The second-order valence-corrected chi connectivity index (χ2v) is 6.40. The van der Waals surface area contributed by atoms with Crippen LogP contribution in [0.4, 0.5) is 18.0 Å². The molecule has 4 aromatic rings. The number of hydrogen-bond acceptors (Lipinski definition) is 5. The van der Waals surface area contributed by atoms with Gasteiger partial charge in [-0.2, -0.15) is 18.3 Å². The van der Waals surface area contributed by atoms with Gasteiger partial charge in [-0.1, -0.05) is 11.6 Å². The second-order valence-electron chi connectivity index (χ2n) is 5.97. The lowest BCUT2D eigenvalue weighted by Gasteiger charge is -2.13. The number of aromatic amines is 1. The minimum absolute atomic E-state index is 0.0574. The third-order valence-electron chi connectivity index (χ3n) is 3.90. The lowest BCUT2D eigenvalue weighted by molar-refractivity contribution is -0.138. The molecule has 0 fully saturated rings. The van der Waals surface area contributed by atoms with E-state index in [2.05, 4.69) is 19.8 Å². The number of carboxylic acid groups (broad SMARTS) is 1. The average Bonchev–Trinajstić information content (AvgIpc) is 3.28. The van der Waals surface area contributed by atoms with Crippen LogP contribution in [0.25, 0.3) is 17.0 Å². The molecule has 30 heavy (non-hydrogen) atoms. The summed E-state index contributed by atoms with van der Waals surface area (Å²) >= 11 is 5.79. The van der Waals surface area contributed by atoms with Gasteiger partial charge in [0.15, 0.2) is 5.75 Å². The van der Waals surface area contributed by atoms with Crippen molar-refractivity contribution in [2.24, 2.45) is 0 Å². The summed E-state index contributed by atoms with van der Waals surface area (Å²) in [6, 6.07) is 7.88. The van der Waals surface area contributed by atoms with Gasteiger partial charge in [0, 0.05) is 11.1 Å². The Labute approximate surface area is 170 Å². The van der Waals surface area contributed by atoms with E-state index in [0.29, 0.717) is 5.02 Å². The van der Waals surface area contributed by atoms with Gasteiger partial charge in [0.25, 0.3) is 0 Å². The first-order chi connectivity index (χ1) is 14.2. The number of carbonyl (C=O) groups is 1. The Morgan fingerprint density at radius 3 is 2.57 bits per heavy atom. The second kappa shape index (κ2) is 7.26. The van der Waals surface area contributed by atoms with Crippen LogP contribution in [-0.2, 0) is 6.18 Å². The van der Waals surface area contributed by atoms with Crippen molar-refractivity contribution in [1.82, 2.24) is 19.7 Å². The summed E-state index contributed by atoms with van der Waals surface area (Å²) in [7, 11) is 0. The van der Waals surface area contributed by atoms with E-state index in [9.17, 15) is 18.0 Å². The number of aromatic nitrogens is 4. The average molecular weight is 439 g/mol. The molecule has 2 aromatic carbocycles. The zero-order valence-corrected chi connectivity index (χ0v) is 15.4. The molecule has 12 heteroatoms. The number of nitrogens with one attached hydrogen (secondary N) is 1. The highest BCUT2D eigenvalue weighted by Gasteiger charge is 2.35. The Balaban J connectivity index is 1.75. The van der Waals surface area contributed by atoms with E-state index in [1.165, 1.54) is 30.5 Å². The molecule has 0 saturated heterocycles. The Morgan fingerprint density at radius 1 is 1.17 bits per heavy atom. The molecule has 0 saturated carbocycles. The van der Waals surface area contributed by atoms with Crippen LogP contribution < -0.4 is 9.47 Å². The number of rotatable bonds is 4. The molecular weight excluding hydrogens is 429 g/mol. The van der Waals surface area contributed by atoms with Crippen LogP contribution in [0.1, 0.15) is 5.56 Å². The van der Waals surface area contributed by atoms with Crippen LogP contribution in [0.2, 0.25) is 5.02 Å². The summed E-state index contributed by atoms with van der Waals surface area (Å²) < 4.78 is 51.7. The number of ether oxygens (including phenoxy) is 2. The number of halogens is 4. The fourth-order valence-corrected chi connectivity index (χ4v) is 2.77. The number of imidazole rings is 1. The predicted molar refractivity (Wildman–Crippen MR) is 98.4 cm³/mol. The summed E-state index contributed by atoms with van der Waals surface area (Å²) in [6.07, 6.45) is -3.88. The third-order valence-corrected chi connectivity index (χ3v) is 4.15. The molecule has 2 heterocycles. The third kappa shape index (κ3) is 4.01. The lowest BCUT2D eigenvalue weighted by Crippen LogP contribution is -2.07. The number of H-pyrrole nitrogens is 1.